The lowest BCUT2D eigenvalue weighted by atomic mass is 9.92. The lowest BCUT2D eigenvalue weighted by Gasteiger charge is -2.17. The molecule has 7 nitrogen and oxygen atoms in total. The van der Waals surface area contributed by atoms with Crippen LogP contribution in [0.3, 0.4) is 0 Å². The number of thiophene rings is 1. The van der Waals surface area contributed by atoms with Gasteiger partial charge in [-0.3, -0.25) is 15.2 Å². The Hall–Kier alpha value is -4.30. The average molecular weight is 509 g/mol. The number of fused-ring (bicyclic) bond motifs is 1. The second-order valence-electron chi connectivity index (χ2n) is 10.2. The molecule has 0 aliphatic heterocycles. The predicted octanol–water partition coefficient (Wildman–Crippen LogP) is 6.73. The van der Waals surface area contributed by atoms with Gasteiger partial charge in [0.1, 0.15) is 5.71 Å². The lowest BCUT2D eigenvalue weighted by molar-refractivity contribution is -0.117. The Bertz CT molecular complexity index is 1610. The fourth-order valence-electron chi connectivity index (χ4n) is 4.23. The number of aromatic amines is 1. The number of nitrogen functional groups attached to an aromatic ring is 1. The summed E-state index contributed by atoms with van der Waals surface area (Å²) in [7, 11) is 0. The van der Waals surface area contributed by atoms with Crippen LogP contribution in [0.4, 0.5) is 11.4 Å². The second-order valence-corrected chi connectivity index (χ2v) is 11.0. The van der Waals surface area contributed by atoms with Crippen LogP contribution < -0.4 is 11.1 Å². The third kappa shape index (κ3) is 5.29. The zero-order chi connectivity index (χ0) is 26.2. The Kier molecular flexibility index (Phi) is 6.35. The Morgan fingerprint density at radius 3 is 2.68 bits per heavy atom. The topological polar surface area (TPSA) is 121 Å². The van der Waals surface area contributed by atoms with Crippen LogP contribution in [0.25, 0.3) is 33.3 Å². The molecule has 8 heteroatoms. The van der Waals surface area contributed by atoms with E-state index in [1.54, 1.807) is 29.8 Å². The van der Waals surface area contributed by atoms with Gasteiger partial charge in [-0.2, -0.15) is 11.3 Å². The minimum absolute atomic E-state index is 0.0575. The van der Waals surface area contributed by atoms with E-state index in [1.165, 1.54) is 0 Å². The zero-order valence-corrected chi connectivity index (χ0v) is 21.7. The minimum atomic E-state index is -0.109. The van der Waals surface area contributed by atoms with Crippen molar-refractivity contribution in [2.45, 2.75) is 27.2 Å². The molecular weight excluding hydrogens is 480 g/mol. The number of nitrogens with zero attached hydrogens (tertiary/aromatic N) is 2. The molecule has 0 fully saturated rings. The standard InChI is InChI=1S/C29H28N6OS/c1-29(2,3)13-25(36)33-20-11-19(14-32-15-20)17-7-8-23(30)22(12-17)26(31)28-34-24-6-4-5-21(27(24)35-28)18-9-10-37-16-18/h4-12,14-16,31H,13,30H2,1-3H3,(H,33,36)(H,34,35). The molecule has 2 aromatic carbocycles. The van der Waals surface area contributed by atoms with Crippen LogP contribution in [0.15, 0.2) is 71.7 Å². The lowest BCUT2D eigenvalue weighted by Crippen LogP contribution is -2.19. The molecule has 0 aliphatic rings. The summed E-state index contributed by atoms with van der Waals surface area (Å²) in [5, 5.41) is 16.0. The van der Waals surface area contributed by atoms with Gasteiger partial charge in [0.25, 0.3) is 0 Å². The van der Waals surface area contributed by atoms with Gasteiger partial charge in [0.15, 0.2) is 5.82 Å². The fourth-order valence-corrected chi connectivity index (χ4v) is 4.89. The largest absolute Gasteiger partial charge is 0.398 e. The number of rotatable bonds is 6. The van der Waals surface area contributed by atoms with Gasteiger partial charge >= 0.3 is 0 Å². The number of para-hydroxylation sites is 1. The van der Waals surface area contributed by atoms with E-state index in [0.717, 1.165) is 33.3 Å². The minimum Gasteiger partial charge on any atom is -0.398 e. The maximum absolute atomic E-state index is 12.4. The molecule has 3 heterocycles. The van der Waals surface area contributed by atoms with Crippen LogP contribution in [0, 0.1) is 10.8 Å². The van der Waals surface area contributed by atoms with Crippen molar-refractivity contribution in [3.05, 3.63) is 83.1 Å². The first-order valence-corrected chi connectivity index (χ1v) is 12.9. The highest BCUT2D eigenvalue weighted by atomic mass is 32.1. The highest BCUT2D eigenvalue weighted by Crippen LogP contribution is 2.31. The van der Waals surface area contributed by atoms with Crippen molar-refractivity contribution in [1.82, 2.24) is 15.0 Å². The molecule has 0 bridgehead atoms. The van der Waals surface area contributed by atoms with Crippen LogP contribution in [-0.2, 0) is 4.79 Å². The highest BCUT2D eigenvalue weighted by molar-refractivity contribution is 7.08. The molecule has 0 unspecified atom stereocenters. The molecule has 3 aromatic heterocycles. The van der Waals surface area contributed by atoms with Crippen molar-refractivity contribution in [2.75, 3.05) is 11.1 Å². The molecule has 0 atom stereocenters. The first kappa shape index (κ1) is 24.4. The molecule has 0 aliphatic carbocycles. The number of aromatic nitrogens is 3. The summed E-state index contributed by atoms with van der Waals surface area (Å²) in [6, 6.07) is 15.4. The van der Waals surface area contributed by atoms with Crippen LogP contribution in [-0.4, -0.2) is 26.6 Å². The number of pyridine rings is 1. The number of carbonyl (C=O) groups is 1. The van der Waals surface area contributed by atoms with E-state index in [0.29, 0.717) is 29.2 Å². The van der Waals surface area contributed by atoms with Crippen LogP contribution in [0.2, 0.25) is 0 Å². The van der Waals surface area contributed by atoms with Crippen molar-refractivity contribution < 1.29 is 4.79 Å². The Labute approximate surface area is 219 Å². The smallest absolute Gasteiger partial charge is 0.224 e. The zero-order valence-electron chi connectivity index (χ0n) is 20.9. The SMILES string of the molecule is CC(C)(C)CC(=O)Nc1cncc(-c2ccc(N)c(C(=N)c3nc4c(-c5ccsc5)cccc4[nH]3)c2)c1. The molecular formula is C29H28N6OS. The van der Waals surface area contributed by atoms with Gasteiger partial charge in [0.05, 0.1) is 22.9 Å². The summed E-state index contributed by atoms with van der Waals surface area (Å²) in [4.78, 5) is 24.8. The Morgan fingerprint density at radius 2 is 1.92 bits per heavy atom. The van der Waals surface area contributed by atoms with E-state index < -0.39 is 0 Å². The van der Waals surface area contributed by atoms with Crippen molar-refractivity contribution in [1.29, 1.82) is 5.41 Å². The van der Waals surface area contributed by atoms with E-state index in [9.17, 15) is 4.79 Å². The number of anilines is 2. The monoisotopic (exact) mass is 508 g/mol. The van der Waals surface area contributed by atoms with Crippen molar-refractivity contribution >= 4 is 45.4 Å². The van der Waals surface area contributed by atoms with Gasteiger partial charge in [-0.05, 0) is 57.6 Å². The Balaban J connectivity index is 1.46. The maximum Gasteiger partial charge on any atom is 0.224 e. The summed E-state index contributed by atoms with van der Waals surface area (Å²) in [5.41, 5.74) is 13.5. The molecule has 0 radical (unpaired) electrons. The third-order valence-electron chi connectivity index (χ3n) is 5.95. The number of nitrogens with one attached hydrogen (secondary N) is 3. The summed E-state index contributed by atoms with van der Waals surface area (Å²) in [5.74, 6) is 0.390. The molecule has 5 N–H and O–H groups in total. The molecule has 1 amide bonds. The quantitative estimate of drug-likeness (QED) is 0.150. The average Bonchev–Trinajstić information content (AvgIpc) is 3.53. The molecule has 0 spiro atoms. The maximum atomic E-state index is 12.4. The van der Waals surface area contributed by atoms with Gasteiger partial charge in [0, 0.05) is 35.0 Å². The first-order chi connectivity index (χ1) is 17.7. The number of benzene rings is 2. The molecule has 0 saturated carbocycles. The van der Waals surface area contributed by atoms with Gasteiger partial charge in [0.2, 0.25) is 5.91 Å². The van der Waals surface area contributed by atoms with Crippen molar-refractivity contribution in [3.63, 3.8) is 0 Å². The third-order valence-corrected chi connectivity index (χ3v) is 6.63. The number of H-pyrrole nitrogens is 1. The van der Waals surface area contributed by atoms with Gasteiger partial charge in [-0.1, -0.05) is 39.0 Å². The molecule has 5 rings (SSSR count). The number of imidazole rings is 1. The number of nitrogens with two attached hydrogens (primary N) is 1. The van der Waals surface area contributed by atoms with E-state index in [4.69, 9.17) is 16.1 Å². The number of amides is 1. The van der Waals surface area contributed by atoms with E-state index in [2.05, 4.69) is 26.7 Å². The highest BCUT2D eigenvalue weighted by Gasteiger charge is 2.18. The first-order valence-electron chi connectivity index (χ1n) is 11.9. The summed E-state index contributed by atoms with van der Waals surface area (Å²) < 4.78 is 0. The second kappa shape index (κ2) is 9.63. The van der Waals surface area contributed by atoms with Gasteiger partial charge in [-0.25, -0.2) is 4.98 Å². The molecule has 0 saturated heterocycles. The molecule has 5 aromatic rings. The predicted molar refractivity (Wildman–Crippen MR) is 152 cm³/mol. The van der Waals surface area contributed by atoms with E-state index in [1.807, 2.05) is 62.5 Å². The van der Waals surface area contributed by atoms with Crippen molar-refractivity contribution in [2.24, 2.45) is 5.41 Å². The summed E-state index contributed by atoms with van der Waals surface area (Å²) >= 11 is 1.64. The van der Waals surface area contributed by atoms with Crippen LogP contribution in [0.5, 0.6) is 0 Å². The van der Waals surface area contributed by atoms with Crippen LogP contribution in [0.1, 0.15) is 38.6 Å². The van der Waals surface area contributed by atoms with E-state index in [-0.39, 0.29) is 17.0 Å². The fraction of sp³-hybridized carbons (Fsp3) is 0.172. The number of carbonyl (C=O) groups excluding carboxylic acids is 1. The number of hydrogen-bond acceptors (Lipinski definition) is 6. The normalized spacial score (nSPS) is 11.5. The van der Waals surface area contributed by atoms with Gasteiger partial charge in [-0.15, -0.1) is 0 Å². The van der Waals surface area contributed by atoms with Crippen molar-refractivity contribution in [3.8, 4) is 22.3 Å². The molecule has 37 heavy (non-hydrogen) atoms. The summed E-state index contributed by atoms with van der Waals surface area (Å²) in [6.45, 7) is 6.07. The Morgan fingerprint density at radius 1 is 1.08 bits per heavy atom. The molecule has 186 valence electrons. The van der Waals surface area contributed by atoms with Crippen LogP contribution >= 0.6 is 11.3 Å². The van der Waals surface area contributed by atoms with Gasteiger partial charge < -0.3 is 16.0 Å². The van der Waals surface area contributed by atoms with E-state index >= 15 is 0 Å². The summed E-state index contributed by atoms with van der Waals surface area (Å²) in [6.07, 6.45) is 3.77. The number of hydrogen-bond donors (Lipinski definition) is 4.